The van der Waals surface area contributed by atoms with Crippen LogP contribution in [0.2, 0.25) is 0 Å². The summed E-state index contributed by atoms with van der Waals surface area (Å²) >= 11 is 8.70. The molecule has 14 heteroatoms. The Balaban J connectivity index is 0.00000209. The summed E-state index contributed by atoms with van der Waals surface area (Å²) in [6, 6.07) is 36.2. The van der Waals surface area contributed by atoms with E-state index in [0.29, 0.717) is 49.4 Å². The van der Waals surface area contributed by atoms with Gasteiger partial charge in [-0.2, -0.15) is 4.20 Å². The molecule has 4 aromatic carbocycles. The van der Waals surface area contributed by atoms with Crippen LogP contribution in [0.4, 0.5) is 11.6 Å². The van der Waals surface area contributed by atoms with E-state index >= 15 is 9.59 Å². The van der Waals surface area contributed by atoms with Gasteiger partial charge >= 0.3 is 31.4 Å². The van der Waals surface area contributed by atoms with Crippen LogP contribution >= 0.6 is 12.2 Å². The zero-order valence-corrected chi connectivity index (χ0v) is 55.4. The summed E-state index contributed by atoms with van der Waals surface area (Å²) in [6.45, 7) is 32.7. The number of nitrogens with zero attached hydrogens (tertiary/aromatic N) is 3. The van der Waals surface area contributed by atoms with Gasteiger partial charge in [0.15, 0.2) is 0 Å². The molecule has 3 aliphatic rings. The molecule has 0 bridgehead atoms. The Morgan fingerprint density at radius 2 is 0.927 bits per heavy atom. The van der Waals surface area contributed by atoms with E-state index in [1.54, 1.807) is 55.5 Å². The molecule has 11 nitrogen and oxygen atoms in total. The molecule has 1 aromatic heterocycles. The molecule has 2 saturated carbocycles. The van der Waals surface area contributed by atoms with Crippen molar-refractivity contribution in [2.75, 3.05) is 5.32 Å². The molecule has 4 unspecified atom stereocenters. The van der Waals surface area contributed by atoms with Crippen LogP contribution in [0.15, 0.2) is 137 Å². The van der Waals surface area contributed by atoms with E-state index in [0.717, 1.165) is 25.7 Å². The largest absolute Gasteiger partial charge is 2.00 e. The van der Waals surface area contributed by atoms with E-state index in [-0.39, 0.29) is 99.3 Å². The molecule has 0 saturated heterocycles. The molecule has 2 aliphatic carbocycles. The number of esters is 2. The predicted molar refractivity (Wildman–Crippen MR) is 335 cm³/mol. The van der Waals surface area contributed by atoms with Crippen molar-refractivity contribution < 1.29 is 48.1 Å². The number of carbonyl (C=O) groups is 4. The molecule has 2 amide bonds. The molecular formula is C68H83N5O6S2Zn. The maximum atomic E-state index is 15.7. The number of ether oxygens (including phenoxy) is 2. The van der Waals surface area contributed by atoms with Crippen molar-refractivity contribution in [2.45, 2.75) is 142 Å². The number of anilines is 1. The first-order chi connectivity index (χ1) is 37.9. The number of nitrogens with one attached hydrogen (secondary N) is 2. The van der Waals surface area contributed by atoms with Crippen LogP contribution in [0.3, 0.4) is 0 Å². The Hall–Kier alpha value is -5.95. The van der Waals surface area contributed by atoms with Crippen LogP contribution < -0.4 is 15.6 Å². The molecule has 0 spiro atoms. The minimum atomic E-state index is -0.647. The first-order valence-corrected chi connectivity index (χ1v) is 29.3. The Kier molecular flexibility index (Phi) is 21.3. The van der Waals surface area contributed by atoms with Gasteiger partial charge in [-0.05, 0) is 82.4 Å². The fraction of sp³-hybridized carbons (Fsp3) is 0.456. The predicted octanol–water partition coefficient (Wildman–Crippen LogP) is 15.7. The monoisotopic (exact) mass is 1190 g/mol. The summed E-state index contributed by atoms with van der Waals surface area (Å²) in [6.07, 6.45) is 2.58. The van der Waals surface area contributed by atoms with Gasteiger partial charge in [0.25, 0.3) is 5.91 Å². The van der Waals surface area contributed by atoms with Crippen molar-refractivity contribution in [2.24, 2.45) is 67.2 Å². The van der Waals surface area contributed by atoms with Crippen molar-refractivity contribution in [3.8, 4) is 11.1 Å². The molecule has 4 atom stereocenters. The van der Waals surface area contributed by atoms with Gasteiger partial charge in [0.1, 0.15) is 23.6 Å². The Morgan fingerprint density at radius 1 is 0.573 bits per heavy atom. The minimum Gasteiger partial charge on any atom is -0.458 e. The Labute approximate surface area is 511 Å². The number of hydrogen-bond donors (Lipinski definition) is 2. The molecule has 5 aromatic rings. The maximum Gasteiger partial charge on any atom is 2.00 e. The van der Waals surface area contributed by atoms with Gasteiger partial charge in [0.2, 0.25) is 5.91 Å². The zero-order chi connectivity index (χ0) is 59.4. The van der Waals surface area contributed by atoms with Crippen molar-refractivity contribution in [3.05, 3.63) is 149 Å². The molecule has 2 heterocycles. The van der Waals surface area contributed by atoms with Crippen LogP contribution in [0.25, 0.3) is 16.7 Å². The van der Waals surface area contributed by atoms with Crippen molar-refractivity contribution in [1.82, 2.24) is 10.3 Å². The minimum absolute atomic E-state index is 0. The summed E-state index contributed by atoms with van der Waals surface area (Å²) < 4.78 is 14.5. The maximum absolute atomic E-state index is 15.7. The van der Waals surface area contributed by atoms with Gasteiger partial charge in [-0.15, -0.1) is 0 Å². The number of hydrogen-bond acceptors (Lipinski definition) is 9. The number of amides is 2. The van der Waals surface area contributed by atoms with Crippen LogP contribution in [0.1, 0.15) is 166 Å². The van der Waals surface area contributed by atoms with Crippen LogP contribution in [0.5, 0.6) is 0 Å². The fourth-order valence-electron chi connectivity index (χ4n) is 12.1. The first-order valence-electron chi connectivity index (χ1n) is 28.5. The third-order valence-electron chi connectivity index (χ3n) is 16.3. The standard InChI is InChI=1S/C66H81N5O6.C2H4S2.Zn/c1-39-35-45(63(3,4)5)53(46(36-39)64(6,7)8)76-61(74)51-49(41-27-19-15-20-28-41)55(68-57(51)70-59(72)43-31-23-17-24-32-43)67-56-50(42-29-21-16-22-30-42)52(58(69-56)71-60(73)44-33-25-18-26-34-44)62(75)77-54-47(65(9,10)11)37-40(2)38-48(54)66(12,13)14;1-2(3)4;/h15-34,39-40,45-48,53-54H,35-38H2,1-14H3,(H3,67,68,69,70,71,72,73,74,75);1H3,(H,3,4);/q;;+2/p-2. The van der Waals surface area contributed by atoms with Crippen molar-refractivity contribution in [3.63, 3.8) is 0 Å². The second-order valence-electron chi connectivity index (χ2n) is 26.8. The van der Waals surface area contributed by atoms with Gasteiger partial charge in [0.05, 0.1) is 11.4 Å². The SMILES string of the molecule is CC(=S)[S-].CC1CC(C(C)(C)C)C(OC(=O)C2=C(c3ccccc3)/C(=N/c3[n-]c(NC(=O)c4ccccc4)c(C(=O)OC4C(C(C)(C)C)CC(C)CC4C(C)(C)C)c3-c3ccccc3)N=C2NC(=O)c2ccccc2)C(C(C)(C)C)C1.[Zn+2]. The summed E-state index contributed by atoms with van der Waals surface area (Å²) in [7, 11) is 0. The average molecular weight is 1200 g/mol. The first kappa shape index (κ1) is 65.2. The second kappa shape index (κ2) is 26.7. The number of aliphatic imine (C=N–C) groups is 2. The Morgan fingerprint density at radius 3 is 1.32 bits per heavy atom. The summed E-state index contributed by atoms with van der Waals surface area (Å²) in [5.41, 5.74) is 1.75. The van der Waals surface area contributed by atoms with Crippen LogP contribution in [0, 0.1) is 57.2 Å². The molecular weight excluding hydrogens is 1110 g/mol. The fourth-order valence-corrected chi connectivity index (χ4v) is 12.1. The van der Waals surface area contributed by atoms with Crippen molar-refractivity contribution >= 4 is 81.7 Å². The number of rotatable bonds is 10. The number of carbonyl (C=O) groups excluding carboxylic acids is 4. The molecule has 2 N–H and O–H groups in total. The zero-order valence-electron chi connectivity index (χ0n) is 50.8. The summed E-state index contributed by atoms with van der Waals surface area (Å²) in [4.78, 5) is 75.3. The Bertz CT molecular complexity index is 3110. The quantitative estimate of drug-likeness (QED) is 0.0603. The van der Waals surface area contributed by atoms with Gasteiger partial charge in [-0.1, -0.05) is 213 Å². The van der Waals surface area contributed by atoms with Crippen LogP contribution in [-0.2, 0) is 46.4 Å². The molecule has 0 radical (unpaired) electrons. The molecule has 82 heavy (non-hydrogen) atoms. The third kappa shape index (κ3) is 15.8. The van der Waals surface area contributed by atoms with E-state index in [4.69, 9.17) is 24.4 Å². The molecule has 1 aliphatic heterocycles. The molecule has 430 valence electrons. The normalized spacial score (nSPS) is 22.6. The van der Waals surface area contributed by atoms with Gasteiger partial charge in [-0.3, -0.25) is 9.59 Å². The van der Waals surface area contributed by atoms with Gasteiger partial charge in [-0.25, -0.2) is 14.6 Å². The second-order valence-corrected chi connectivity index (χ2v) is 28.3. The molecule has 2 fully saturated rings. The third-order valence-corrected chi connectivity index (χ3v) is 16.3. The summed E-state index contributed by atoms with van der Waals surface area (Å²) in [5, 5.41) is 5.99. The van der Waals surface area contributed by atoms with E-state index in [1.165, 1.54) is 0 Å². The smallest absolute Gasteiger partial charge is 0.458 e. The number of thiocarbonyl (C=S) groups is 1. The van der Waals surface area contributed by atoms with E-state index in [2.05, 4.69) is 132 Å². The summed E-state index contributed by atoms with van der Waals surface area (Å²) in [5.74, 6) is -1.34. The number of aromatic nitrogens is 1. The van der Waals surface area contributed by atoms with E-state index in [9.17, 15) is 9.59 Å². The molecule has 8 rings (SSSR count). The number of amidine groups is 2. The van der Waals surface area contributed by atoms with Gasteiger partial charge in [0, 0.05) is 57.6 Å². The average Bonchev–Trinajstić information content (AvgIpc) is 4.08. The van der Waals surface area contributed by atoms with E-state index in [1.807, 2.05) is 72.8 Å². The van der Waals surface area contributed by atoms with Crippen molar-refractivity contribution in [1.29, 1.82) is 0 Å². The topological polar surface area (TPSA) is 150 Å². The van der Waals surface area contributed by atoms with Gasteiger partial charge < -0.3 is 54.9 Å². The van der Waals surface area contributed by atoms with Crippen LogP contribution in [-0.4, -0.2) is 51.8 Å². The van der Waals surface area contributed by atoms with E-state index < -0.39 is 36.0 Å². The number of benzene rings is 4.